The van der Waals surface area contributed by atoms with Crippen LogP contribution in [0, 0.1) is 10.1 Å². The van der Waals surface area contributed by atoms with E-state index in [0.717, 1.165) is 13.0 Å². The molecule has 116 valence electrons. The number of rotatable bonds is 6. The van der Waals surface area contributed by atoms with Crippen molar-refractivity contribution in [1.29, 1.82) is 0 Å². The molecule has 1 saturated heterocycles. The van der Waals surface area contributed by atoms with Crippen LogP contribution < -0.4 is 14.8 Å². The lowest BCUT2D eigenvalue weighted by atomic mass is 10.1. The molecular weight excluding hydrogens is 272 g/mol. The first-order valence-corrected chi connectivity index (χ1v) is 7.38. The van der Waals surface area contributed by atoms with Crippen molar-refractivity contribution in [2.75, 3.05) is 13.2 Å². The first kappa shape index (κ1) is 15.6. The van der Waals surface area contributed by atoms with Crippen LogP contribution in [0.1, 0.15) is 33.1 Å². The summed E-state index contributed by atoms with van der Waals surface area (Å²) in [6.07, 6.45) is 3.25. The maximum absolute atomic E-state index is 11.3. The predicted octanol–water partition coefficient (Wildman–Crippen LogP) is 2.90. The molecule has 0 saturated carbocycles. The largest absolute Gasteiger partial charge is 0.485 e. The van der Waals surface area contributed by atoms with Crippen molar-refractivity contribution < 1.29 is 14.4 Å². The first-order valence-electron chi connectivity index (χ1n) is 7.38. The van der Waals surface area contributed by atoms with Crippen LogP contribution in [-0.4, -0.2) is 30.2 Å². The van der Waals surface area contributed by atoms with Crippen molar-refractivity contribution >= 4 is 5.69 Å². The number of piperidine rings is 1. The van der Waals surface area contributed by atoms with E-state index in [9.17, 15) is 10.1 Å². The highest BCUT2D eigenvalue weighted by molar-refractivity contribution is 5.57. The topological polar surface area (TPSA) is 73.6 Å². The van der Waals surface area contributed by atoms with Crippen molar-refractivity contribution in [3.8, 4) is 11.5 Å². The Hall–Kier alpha value is -1.82. The number of nitrogens with one attached hydrogen (secondary N) is 1. The average Bonchev–Trinajstić information content (AvgIpc) is 2.45. The van der Waals surface area contributed by atoms with Crippen molar-refractivity contribution in [3.63, 3.8) is 0 Å². The fourth-order valence-corrected chi connectivity index (χ4v) is 2.40. The van der Waals surface area contributed by atoms with Gasteiger partial charge in [0.05, 0.1) is 11.0 Å². The maximum atomic E-state index is 11.3. The lowest BCUT2D eigenvalue weighted by Crippen LogP contribution is -2.38. The Labute approximate surface area is 124 Å². The van der Waals surface area contributed by atoms with Gasteiger partial charge in [-0.05, 0) is 45.4 Å². The van der Waals surface area contributed by atoms with E-state index in [1.54, 1.807) is 18.2 Å². The lowest BCUT2D eigenvalue weighted by molar-refractivity contribution is -0.387. The normalized spacial score (nSPS) is 18.5. The standard InChI is InChI=1S/C15H22N2O4/c1-11(2)21-14-8-5-7-13(15(14)17(18)19)20-10-12-6-3-4-9-16-12/h5,7-8,11-12,16H,3-4,6,9-10H2,1-2H3. The molecule has 1 aromatic rings. The molecule has 1 fully saturated rings. The molecule has 1 unspecified atom stereocenters. The van der Waals surface area contributed by atoms with Crippen molar-refractivity contribution in [2.45, 2.75) is 45.3 Å². The molecule has 21 heavy (non-hydrogen) atoms. The van der Waals surface area contributed by atoms with Gasteiger partial charge in [-0.2, -0.15) is 0 Å². The molecule has 6 heteroatoms. The van der Waals surface area contributed by atoms with Crippen molar-refractivity contribution in [3.05, 3.63) is 28.3 Å². The van der Waals surface area contributed by atoms with Gasteiger partial charge in [0.15, 0.2) is 0 Å². The number of hydrogen-bond donors (Lipinski definition) is 1. The van der Waals surface area contributed by atoms with Gasteiger partial charge in [-0.1, -0.05) is 12.5 Å². The molecule has 0 aromatic heterocycles. The smallest absolute Gasteiger partial charge is 0.352 e. The summed E-state index contributed by atoms with van der Waals surface area (Å²) >= 11 is 0. The lowest BCUT2D eigenvalue weighted by Gasteiger charge is -2.23. The molecule has 1 N–H and O–H groups in total. The van der Waals surface area contributed by atoms with Gasteiger partial charge in [-0.25, -0.2) is 0 Å². The highest BCUT2D eigenvalue weighted by Gasteiger charge is 2.24. The molecule has 2 rings (SSSR count). The summed E-state index contributed by atoms with van der Waals surface area (Å²) in [6.45, 7) is 5.09. The second-order valence-electron chi connectivity index (χ2n) is 5.48. The summed E-state index contributed by atoms with van der Waals surface area (Å²) in [5, 5.41) is 14.7. The van der Waals surface area contributed by atoms with Gasteiger partial charge in [0, 0.05) is 6.04 Å². The van der Waals surface area contributed by atoms with Gasteiger partial charge >= 0.3 is 5.69 Å². The molecule has 1 atom stereocenters. The van der Waals surface area contributed by atoms with E-state index < -0.39 is 4.92 Å². The highest BCUT2D eigenvalue weighted by atomic mass is 16.6. The van der Waals surface area contributed by atoms with Gasteiger partial charge in [0.2, 0.25) is 11.5 Å². The van der Waals surface area contributed by atoms with Crippen molar-refractivity contribution in [2.24, 2.45) is 0 Å². The van der Waals surface area contributed by atoms with Gasteiger partial charge in [-0.15, -0.1) is 0 Å². The van der Waals surface area contributed by atoms with Crippen LogP contribution in [0.2, 0.25) is 0 Å². The molecule has 6 nitrogen and oxygen atoms in total. The number of nitro groups is 1. The maximum Gasteiger partial charge on any atom is 0.352 e. The van der Waals surface area contributed by atoms with E-state index in [1.165, 1.54) is 12.8 Å². The third-order valence-electron chi connectivity index (χ3n) is 3.36. The minimum Gasteiger partial charge on any atom is -0.485 e. The van der Waals surface area contributed by atoms with E-state index in [4.69, 9.17) is 9.47 Å². The Bertz CT molecular complexity index is 485. The molecule has 1 aliphatic rings. The molecule has 0 radical (unpaired) electrons. The molecule has 1 aromatic carbocycles. The van der Waals surface area contributed by atoms with Gasteiger partial charge in [-0.3, -0.25) is 10.1 Å². The Morgan fingerprint density at radius 1 is 1.38 bits per heavy atom. The average molecular weight is 294 g/mol. The fraction of sp³-hybridized carbons (Fsp3) is 0.600. The number of nitrogens with zero attached hydrogens (tertiary/aromatic N) is 1. The van der Waals surface area contributed by atoms with E-state index in [0.29, 0.717) is 6.61 Å². The minimum absolute atomic E-state index is 0.0954. The quantitative estimate of drug-likeness (QED) is 0.645. The van der Waals surface area contributed by atoms with Gasteiger partial charge < -0.3 is 14.8 Å². The van der Waals surface area contributed by atoms with Crippen LogP contribution in [0.3, 0.4) is 0 Å². The summed E-state index contributed by atoms with van der Waals surface area (Å²) in [5.74, 6) is 0.523. The Morgan fingerprint density at radius 3 is 2.76 bits per heavy atom. The molecule has 0 spiro atoms. The monoisotopic (exact) mass is 294 g/mol. The summed E-state index contributed by atoms with van der Waals surface area (Å²) in [4.78, 5) is 10.9. The summed E-state index contributed by atoms with van der Waals surface area (Å²) in [6, 6.07) is 5.19. The van der Waals surface area contributed by atoms with E-state index in [1.807, 2.05) is 13.8 Å². The van der Waals surface area contributed by atoms with Crippen LogP contribution >= 0.6 is 0 Å². The Balaban J connectivity index is 2.11. The number of hydrogen-bond acceptors (Lipinski definition) is 5. The summed E-state index contributed by atoms with van der Waals surface area (Å²) in [5.41, 5.74) is -0.0954. The molecular formula is C15H22N2O4. The van der Waals surface area contributed by atoms with Gasteiger partial charge in [0.25, 0.3) is 0 Å². The third-order valence-corrected chi connectivity index (χ3v) is 3.36. The summed E-state index contributed by atoms with van der Waals surface area (Å²) in [7, 11) is 0. The third kappa shape index (κ3) is 4.32. The van der Waals surface area contributed by atoms with E-state index in [2.05, 4.69) is 5.32 Å². The number of para-hydroxylation sites is 1. The van der Waals surface area contributed by atoms with Crippen LogP contribution in [0.15, 0.2) is 18.2 Å². The molecule has 0 bridgehead atoms. The number of nitro benzene ring substituents is 1. The summed E-state index contributed by atoms with van der Waals surface area (Å²) < 4.78 is 11.2. The second kappa shape index (κ2) is 7.26. The fourth-order valence-electron chi connectivity index (χ4n) is 2.40. The SMILES string of the molecule is CC(C)Oc1cccc(OCC2CCCCN2)c1[N+](=O)[O-]. The molecule has 1 aliphatic heterocycles. The Morgan fingerprint density at radius 2 is 2.14 bits per heavy atom. The minimum atomic E-state index is -0.443. The molecule has 0 aliphatic carbocycles. The number of ether oxygens (including phenoxy) is 2. The highest BCUT2D eigenvalue weighted by Crippen LogP contribution is 2.37. The van der Waals surface area contributed by atoms with Crippen LogP contribution in [0.25, 0.3) is 0 Å². The van der Waals surface area contributed by atoms with E-state index >= 15 is 0 Å². The predicted molar refractivity (Wildman–Crippen MR) is 80.0 cm³/mol. The zero-order valence-electron chi connectivity index (χ0n) is 12.5. The van der Waals surface area contributed by atoms with Crippen molar-refractivity contribution in [1.82, 2.24) is 5.32 Å². The molecule has 1 heterocycles. The van der Waals surface area contributed by atoms with Crippen LogP contribution in [0.4, 0.5) is 5.69 Å². The number of benzene rings is 1. The van der Waals surface area contributed by atoms with Crippen LogP contribution in [-0.2, 0) is 0 Å². The molecule has 0 amide bonds. The van der Waals surface area contributed by atoms with E-state index in [-0.39, 0.29) is 29.3 Å². The zero-order chi connectivity index (χ0) is 15.2. The van der Waals surface area contributed by atoms with Gasteiger partial charge in [0.1, 0.15) is 6.61 Å². The second-order valence-corrected chi connectivity index (χ2v) is 5.48. The first-order chi connectivity index (χ1) is 10.1. The zero-order valence-corrected chi connectivity index (χ0v) is 12.5. The Kier molecular flexibility index (Phi) is 5.38. The van der Waals surface area contributed by atoms with Crippen LogP contribution in [0.5, 0.6) is 11.5 Å².